The molecule has 13 heavy (non-hydrogen) atoms. The zero-order valence-electron chi connectivity index (χ0n) is 9.01. The molecule has 0 saturated carbocycles. The zero-order valence-corrected chi connectivity index (χ0v) is 9.01. The highest BCUT2D eigenvalue weighted by molar-refractivity contribution is 4.69. The summed E-state index contributed by atoms with van der Waals surface area (Å²) in [7, 11) is 0. The van der Waals surface area contributed by atoms with Gasteiger partial charge in [0.1, 0.15) is 0 Å². The second-order valence-electron chi connectivity index (χ2n) is 4.40. The molecule has 2 nitrogen and oxygen atoms in total. The van der Waals surface area contributed by atoms with E-state index in [1.807, 2.05) is 0 Å². The van der Waals surface area contributed by atoms with Gasteiger partial charge in [0.25, 0.3) is 0 Å². The minimum atomic E-state index is 0.626. The van der Waals surface area contributed by atoms with Crippen LogP contribution >= 0.6 is 0 Å². The van der Waals surface area contributed by atoms with Crippen LogP contribution in [0.25, 0.3) is 0 Å². The molecule has 1 unspecified atom stereocenters. The molecule has 0 bridgehead atoms. The molecule has 0 spiro atoms. The van der Waals surface area contributed by atoms with Crippen LogP contribution in [0.5, 0.6) is 0 Å². The molecule has 1 saturated heterocycles. The second-order valence-corrected chi connectivity index (χ2v) is 4.40. The summed E-state index contributed by atoms with van der Waals surface area (Å²) in [5, 5.41) is 3.55. The molecule has 1 aliphatic heterocycles. The van der Waals surface area contributed by atoms with Crippen molar-refractivity contribution < 1.29 is 4.74 Å². The third-order valence-corrected chi connectivity index (χ3v) is 2.55. The maximum Gasteiger partial charge on any atom is 0.0619 e. The molecule has 78 valence electrons. The van der Waals surface area contributed by atoms with Crippen molar-refractivity contribution in [2.45, 2.75) is 45.6 Å². The van der Waals surface area contributed by atoms with Gasteiger partial charge in [-0.3, -0.25) is 0 Å². The highest BCUT2D eigenvalue weighted by Gasteiger charge is 2.11. The molecule has 1 N–H and O–H groups in total. The van der Waals surface area contributed by atoms with E-state index >= 15 is 0 Å². The Hall–Kier alpha value is -0.0800. The van der Waals surface area contributed by atoms with Crippen molar-refractivity contribution in [3.05, 3.63) is 0 Å². The van der Waals surface area contributed by atoms with Gasteiger partial charge in [-0.1, -0.05) is 13.8 Å². The lowest BCUT2D eigenvalue weighted by Gasteiger charge is -2.23. The molecular weight excluding hydrogens is 162 g/mol. The topological polar surface area (TPSA) is 21.3 Å². The SMILES string of the molecule is CC(C)CCCNC1CCCOC1. The third-order valence-electron chi connectivity index (χ3n) is 2.55. The number of hydrogen-bond donors (Lipinski definition) is 1. The average Bonchev–Trinajstić information content (AvgIpc) is 2.14. The van der Waals surface area contributed by atoms with Crippen molar-refractivity contribution >= 4 is 0 Å². The molecule has 1 heterocycles. The minimum absolute atomic E-state index is 0.626. The molecule has 0 radical (unpaired) electrons. The van der Waals surface area contributed by atoms with E-state index in [4.69, 9.17) is 4.74 Å². The van der Waals surface area contributed by atoms with Crippen molar-refractivity contribution in [3.8, 4) is 0 Å². The van der Waals surface area contributed by atoms with Crippen molar-refractivity contribution in [2.24, 2.45) is 5.92 Å². The molecule has 0 amide bonds. The van der Waals surface area contributed by atoms with Crippen LogP contribution in [0.2, 0.25) is 0 Å². The second kappa shape index (κ2) is 6.39. The lowest BCUT2D eigenvalue weighted by atomic mass is 10.1. The molecule has 2 heteroatoms. The van der Waals surface area contributed by atoms with E-state index < -0.39 is 0 Å². The summed E-state index contributed by atoms with van der Waals surface area (Å²) in [6.45, 7) is 7.60. The summed E-state index contributed by atoms with van der Waals surface area (Å²) >= 11 is 0. The summed E-state index contributed by atoms with van der Waals surface area (Å²) in [5.41, 5.74) is 0. The molecule has 1 atom stereocenters. The largest absolute Gasteiger partial charge is 0.380 e. The first-order chi connectivity index (χ1) is 6.29. The van der Waals surface area contributed by atoms with E-state index in [1.54, 1.807) is 0 Å². The van der Waals surface area contributed by atoms with E-state index in [9.17, 15) is 0 Å². The van der Waals surface area contributed by atoms with Gasteiger partial charge in [-0.15, -0.1) is 0 Å². The van der Waals surface area contributed by atoms with Crippen LogP contribution in [0.15, 0.2) is 0 Å². The van der Waals surface area contributed by atoms with E-state index in [2.05, 4.69) is 19.2 Å². The number of rotatable bonds is 5. The predicted octanol–water partition coefficient (Wildman–Crippen LogP) is 2.19. The van der Waals surface area contributed by atoms with Gasteiger partial charge in [0.05, 0.1) is 6.61 Å². The fraction of sp³-hybridized carbons (Fsp3) is 1.00. The summed E-state index contributed by atoms with van der Waals surface area (Å²) in [5.74, 6) is 0.837. The highest BCUT2D eigenvalue weighted by Crippen LogP contribution is 2.07. The fourth-order valence-electron chi connectivity index (χ4n) is 1.72. The first-order valence-corrected chi connectivity index (χ1v) is 5.60. The Bertz CT molecular complexity index is 119. The fourth-order valence-corrected chi connectivity index (χ4v) is 1.72. The Morgan fingerprint density at radius 1 is 1.46 bits per heavy atom. The summed E-state index contributed by atoms with van der Waals surface area (Å²) in [4.78, 5) is 0. The number of nitrogens with one attached hydrogen (secondary N) is 1. The van der Waals surface area contributed by atoms with Gasteiger partial charge in [0.2, 0.25) is 0 Å². The monoisotopic (exact) mass is 185 g/mol. The van der Waals surface area contributed by atoms with Crippen LogP contribution in [0.3, 0.4) is 0 Å². The van der Waals surface area contributed by atoms with Crippen LogP contribution in [0, 0.1) is 5.92 Å². The van der Waals surface area contributed by atoms with Gasteiger partial charge in [-0.05, 0) is 38.1 Å². The van der Waals surface area contributed by atoms with Crippen molar-refractivity contribution in [1.29, 1.82) is 0 Å². The lowest BCUT2D eigenvalue weighted by molar-refractivity contribution is 0.0704. The van der Waals surface area contributed by atoms with Crippen LogP contribution in [0.1, 0.15) is 39.5 Å². The molecule has 1 fully saturated rings. The Balaban J connectivity index is 1.92. The molecule has 0 aromatic heterocycles. The smallest absolute Gasteiger partial charge is 0.0619 e. The van der Waals surface area contributed by atoms with E-state index in [-0.39, 0.29) is 0 Å². The van der Waals surface area contributed by atoms with Crippen LogP contribution in [0.4, 0.5) is 0 Å². The van der Waals surface area contributed by atoms with Gasteiger partial charge in [-0.2, -0.15) is 0 Å². The average molecular weight is 185 g/mol. The van der Waals surface area contributed by atoms with E-state index in [0.717, 1.165) is 25.7 Å². The summed E-state index contributed by atoms with van der Waals surface area (Å²) in [6, 6.07) is 0.626. The molecule has 0 aliphatic carbocycles. The molecular formula is C11H23NO. The molecule has 0 aromatic carbocycles. The van der Waals surface area contributed by atoms with Gasteiger partial charge in [0.15, 0.2) is 0 Å². The highest BCUT2D eigenvalue weighted by atomic mass is 16.5. The van der Waals surface area contributed by atoms with Gasteiger partial charge >= 0.3 is 0 Å². The van der Waals surface area contributed by atoms with Crippen molar-refractivity contribution in [2.75, 3.05) is 19.8 Å². The third kappa shape index (κ3) is 5.27. The summed E-state index contributed by atoms with van der Waals surface area (Å²) < 4.78 is 5.40. The normalized spacial score (nSPS) is 23.8. The van der Waals surface area contributed by atoms with E-state index in [0.29, 0.717) is 6.04 Å². The first-order valence-electron chi connectivity index (χ1n) is 5.60. The maximum atomic E-state index is 5.40. The standard InChI is InChI=1S/C11H23NO/c1-10(2)5-3-7-12-11-6-4-8-13-9-11/h10-12H,3-9H2,1-2H3. The van der Waals surface area contributed by atoms with Gasteiger partial charge in [0, 0.05) is 12.6 Å². The van der Waals surface area contributed by atoms with Gasteiger partial charge in [-0.25, -0.2) is 0 Å². The Morgan fingerprint density at radius 3 is 2.92 bits per heavy atom. The zero-order chi connectivity index (χ0) is 9.52. The number of hydrogen-bond acceptors (Lipinski definition) is 2. The molecule has 1 rings (SSSR count). The maximum absolute atomic E-state index is 5.40. The Morgan fingerprint density at radius 2 is 2.31 bits per heavy atom. The van der Waals surface area contributed by atoms with Crippen molar-refractivity contribution in [1.82, 2.24) is 5.32 Å². The van der Waals surface area contributed by atoms with Crippen molar-refractivity contribution in [3.63, 3.8) is 0 Å². The Kier molecular flexibility index (Phi) is 5.40. The first kappa shape index (κ1) is 11.0. The molecule has 1 aliphatic rings. The Labute approximate surface area is 82.0 Å². The molecule has 0 aromatic rings. The number of ether oxygens (including phenoxy) is 1. The predicted molar refractivity (Wildman–Crippen MR) is 55.9 cm³/mol. The summed E-state index contributed by atoms with van der Waals surface area (Å²) in [6.07, 6.45) is 5.15. The van der Waals surface area contributed by atoms with Crippen LogP contribution < -0.4 is 5.32 Å². The van der Waals surface area contributed by atoms with Crippen LogP contribution in [-0.2, 0) is 4.74 Å². The van der Waals surface area contributed by atoms with E-state index in [1.165, 1.54) is 25.7 Å². The minimum Gasteiger partial charge on any atom is -0.380 e. The lowest BCUT2D eigenvalue weighted by Crippen LogP contribution is -2.37. The van der Waals surface area contributed by atoms with Gasteiger partial charge < -0.3 is 10.1 Å². The van der Waals surface area contributed by atoms with Crippen LogP contribution in [-0.4, -0.2) is 25.8 Å². The quantitative estimate of drug-likeness (QED) is 0.663.